The quantitative estimate of drug-likeness (QED) is 0.214. The van der Waals surface area contributed by atoms with Gasteiger partial charge in [0.1, 0.15) is 0 Å². The number of phenols is 4. The summed E-state index contributed by atoms with van der Waals surface area (Å²) in [4.78, 5) is 24.3. The highest BCUT2D eigenvalue weighted by Crippen LogP contribution is 2.34. The van der Waals surface area contributed by atoms with Crippen LogP contribution < -0.4 is 0 Å². The van der Waals surface area contributed by atoms with Crippen LogP contribution in [0, 0.1) is 0 Å². The Morgan fingerprint density at radius 2 is 1.70 bits per heavy atom. The van der Waals surface area contributed by atoms with Crippen LogP contribution in [-0.4, -0.2) is 48.2 Å². The van der Waals surface area contributed by atoms with Crippen LogP contribution in [0.1, 0.15) is 30.0 Å². The predicted octanol–water partition coefficient (Wildman–Crippen LogP) is 2.03. The second-order valence-corrected chi connectivity index (χ2v) is 6.56. The highest BCUT2D eigenvalue weighted by Gasteiger charge is 2.41. The minimum Gasteiger partial charge on any atom is -0.504 e. The molecule has 30 heavy (non-hydrogen) atoms. The normalized spacial score (nSPS) is 13.1. The van der Waals surface area contributed by atoms with Crippen molar-refractivity contribution in [2.75, 3.05) is 0 Å². The molecule has 2 aromatic carbocycles. The maximum absolute atomic E-state index is 12.3. The van der Waals surface area contributed by atoms with Crippen LogP contribution in [0.3, 0.4) is 0 Å². The summed E-state index contributed by atoms with van der Waals surface area (Å²) < 4.78 is 5.24. The molecule has 0 saturated carbocycles. The molecule has 0 aliphatic rings. The van der Waals surface area contributed by atoms with Crippen molar-refractivity contribution in [2.45, 2.75) is 32.0 Å². The molecule has 0 aromatic heterocycles. The van der Waals surface area contributed by atoms with Crippen LogP contribution in [0.2, 0.25) is 0 Å². The molecule has 6 N–H and O–H groups in total. The van der Waals surface area contributed by atoms with Gasteiger partial charge in [0.15, 0.2) is 23.0 Å². The Labute approximate surface area is 171 Å². The van der Waals surface area contributed by atoms with Crippen LogP contribution in [0.5, 0.6) is 23.0 Å². The number of carboxylic acid groups (broad SMARTS) is 1. The van der Waals surface area contributed by atoms with E-state index in [4.69, 9.17) is 4.74 Å². The van der Waals surface area contributed by atoms with Crippen molar-refractivity contribution in [1.82, 2.24) is 0 Å². The fourth-order valence-corrected chi connectivity index (χ4v) is 2.85. The number of phenolic OH excluding ortho intramolecular Hbond substituents is 3. The number of hydrogen-bond donors (Lipinski definition) is 6. The van der Waals surface area contributed by atoms with E-state index >= 15 is 0 Å². The molecule has 0 spiro atoms. The van der Waals surface area contributed by atoms with Crippen LogP contribution in [0.4, 0.5) is 0 Å². The van der Waals surface area contributed by atoms with E-state index in [1.165, 1.54) is 37.3 Å². The third-order valence-electron chi connectivity index (χ3n) is 4.66. The molecule has 2 rings (SSSR count). The topological polar surface area (TPSA) is 165 Å². The van der Waals surface area contributed by atoms with Gasteiger partial charge < -0.3 is 35.4 Å². The Kier molecular flexibility index (Phi) is 6.91. The number of carbonyl (C=O) groups excluding carboxylic acids is 1. The monoisotopic (exact) mass is 418 g/mol. The van der Waals surface area contributed by atoms with E-state index in [-0.39, 0.29) is 35.5 Å². The summed E-state index contributed by atoms with van der Waals surface area (Å²) in [6, 6.07) is 6.33. The van der Waals surface area contributed by atoms with E-state index in [1.54, 1.807) is 0 Å². The molecule has 0 aliphatic heterocycles. The van der Waals surface area contributed by atoms with Gasteiger partial charge in [-0.25, -0.2) is 9.59 Å². The Morgan fingerprint density at radius 3 is 2.27 bits per heavy atom. The first kappa shape index (κ1) is 22.6. The van der Waals surface area contributed by atoms with E-state index in [0.717, 1.165) is 12.1 Å². The fraction of sp³-hybridized carbons (Fsp3) is 0.238. The van der Waals surface area contributed by atoms with Crippen molar-refractivity contribution in [3.63, 3.8) is 0 Å². The Hall–Kier alpha value is -3.72. The van der Waals surface area contributed by atoms with Gasteiger partial charge in [0.05, 0.1) is 6.61 Å². The number of hydrogen-bond acceptors (Lipinski definition) is 8. The number of aliphatic hydroxyl groups excluding tert-OH is 1. The molecule has 0 fully saturated rings. The average Bonchev–Trinajstić information content (AvgIpc) is 2.71. The van der Waals surface area contributed by atoms with Crippen molar-refractivity contribution in [2.24, 2.45) is 0 Å². The average molecular weight is 418 g/mol. The smallest absolute Gasteiger partial charge is 0.348 e. The fourth-order valence-electron chi connectivity index (χ4n) is 2.85. The third-order valence-corrected chi connectivity index (χ3v) is 4.66. The second kappa shape index (κ2) is 9.19. The molecule has 160 valence electrons. The van der Waals surface area contributed by atoms with Crippen molar-refractivity contribution >= 4 is 18.0 Å². The molecule has 0 saturated heterocycles. The van der Waals surface area contributed by atoms with Gasteiger partial charge >= 0.3 is 11.9 Å². The lowest BCUT2D eigenvalue weighted by atomic mass is 9.89. The SMILES string of the molecule is CC[C@](Cc1ccc(O)c(O)c1CO)(OC(=O)C=Cc1ccc(O)c(O)c1)C(=O)O. The number of ether oxygens (including phenoxy) is 1. The first-order valence-electron chi connectivity index (χ1n) is 8.93. The minimum absolute atomic E-state index is 0.0692. The molecule has 0 heterocycles. The maximum atomic E-state index is 12.3. The van der Waals surface area contributed by atoms with E-state index in [9.17, 15) is 40.2 Å². The first-order chi connectivity index (χ1) is 14.1. The Bertz CT molecular complexity index is 981. The van der Waals surface area contributed by atoms with Crippen molar-refractivity contribution in [3.8, 4) is 23.0 Å². The van der Waals surface area contributed by atoms with E-state index in [2.05, 4.69) is 0 Å². The largest absolute Gasteiger partial charge is 0.504 e. The zero-order valence-corrected chi connectivity index (χ0v) is 16.1. The zero-order chi connectivity index (χ0) is 22.5. The number of aromatic hydroxyl groups is 4. The highest BCUT2D eigenvalue weighted by molar-refractivity contribution is 5.90. The molecule has 0 aliphatic carbocycles. The summed E-state index contributed by atoms with van der Waals surface area (Å²) in [6.07, 6.45) is 1.77. The number of aliphatic carboxylic acids is 1. The summed E-state index contributed by atoms with van der Waals surface area (Å²) in [6.45, 7) is 0.842. The zero-order valence-electron chi connectivity index (χ0n) is 16.1. The van der Waals surface area contributed by atoms with Gasteiger partial charge in [-0.15, -0.1) is 0 Å². The van der Waals surface area contributed by atoms with E-state index < -0.39 is 35.6 Å². The van der Waals surface area contributed by atoms with Crippen LogP contribution in [0.15, 0.2) is 36.4 Å². The van der Waals surface area contributed by atoms with E-state index in [0.29, 0.717) is 5.56 Å². The first-order valence-corrected chi connectivity index (χ1v) is 8.93. The Balaban J connectivity index is 2.30. The molecule has 0 unspecified atom stereocenters. The van der Waals surface area contributed by atoms with Gasteiger partial charge in [-0.3, -0.25) is 0 Å². The molecular formula is C21H22O9. The molecule has 0 radical (unpaired) electrons. The number of benzene rings is 2. The van der Waals surface area contributed by atoms with Crippen molar-refractivity contribution in [3.05, 3.63) is 53.1 Å². The molecule has 2 aromatic rings. The second-order valence-electron chi connectivity index (χ2n) is 6.56. The van der Waals surface area contributed by atoms with Crippen molar-refractivity contribution < 1.29 is 45.0 Å². The maximum Gasteiger partial charge on any atom is 0.348 e. The number of aliphatic hydroxyl groups is 1. The Morgan fingerprint density at radius 1 is 1.03 bits per heavy atom. The number of carbonyl (C=O) groups is 2. The van der Waals surface area contributed by atoms with Gasteiger partial charge in [0, 0.05) is 18.1 Å². The molecule has 0 bridgehead atoms. The lowest BCUT2D eigenvalue weighted by Crippen LogP contribution is -2.44. The number of esters is 1. The summed E-state index contributed by atoms with van der Waals surface area (Å²) >= 11 is 0. The summed E-state index contributed by atoms with van der Waals surface area (Å²) in [7, 11) is 0. The molecule has 0 amide bonds. The summed E-state index contributed by atoms with van der Waals surface area (Å²) in [5.41, 5.74) is -1.51. The van der Waals surface area contributed by atoms with Gasteiger partial charge in [0.25, 0.3) is 0 Å². The molecular weight excluding hydrogens is 396 g/mol. The third kappa shape index (κ3) is 4.81. The van der Waals surface area contributed by atoms with Gasteiger partial charge in [0.2, 0.25) is 5.60 Å². The minimum atomic E-state index is -1.99. The number of carboxylic acids is 1. The standard InChI is InChI=1S/C21H22O9/c1-2-21(20(28)29,10-13-5-7-16(24)19(27)14(13)11-22)30-18(26)8-4-12-3-6-15(23)17(25)9-12/h3-9,22-25,27H,2,10-11H2,1H3,(H,28,29)/t21-/m1/s1. The van der Waals surface area contributed by atoms with E-state index in [1.807, 2.05) is 0 Å². The highest BCUT2D eigenvalue weighted by atomic mass is 16.6. The lowest BCUT2D eigenvalue weighted by molar-refractivity contribution is -0.175. The van der Waals surface area contributed by atoms with Crippen LogP contribution in [-0.2, 0) is 27.4 Å². The molecule has 9 heteroatoms. The lowest BCUT2D eigenvalue weighted by Gasteiger charge is -2.28. The van der Waals surface area contributed by atoms with Crippen LogP contribution in [0.25, 0.3) is 6.08 Å². The van der Waals surface area contributed by atoms with Crippen LogP contribution >= 0.6 is 0 Å². The summed E-state index contributed by atoms with van der Waals surface area (Å²) in [5, 5.41) is 57.5. The predicted molar refractivity (Wildman–Crippen MR) is 105 cm³/mol. The molecule has 9 nitrogen and oxygen atoms in total. The molecule has 1 atom stereocenters. The number of rotatable bonds is 8. The van der Waals surface area contributed by atoms with Gasteiger partial charge in [-0.1, -0.05) is 19.1 Å². The van der Waals surface area contributed by atoms with Gasteiger partial charge in [-0.2, -0.15) is 0 Å². The van der Waals surface area contributed by atoms with Gasteiger partial charge in [-0.05, 0) is 41.8 Å². The summed E-state index contributed by atoms with van der Waals surface area (Å²) in [5.74, 6) is -4.17. The van der Waals surface area contributed by atoms with Crippen molar-refractivity contribution in [1.29, 1.82) is 0 Å².